The summed E-state index contributed by atoms with van der Waals surface area (Å²) < 4.78 is 32.9. The fourth-order valence-electron chi connectivity index (χ4n) is 6.84. The number of phosphoric acid groups is 1. The molecule has 0 saturated carbocycles. The number of hydrogen-bond acceptors (Lipinski definition) is 8. The Morgan fingerprint density at radius 2 is 0.881 bits per heavy atom. The number of rotatable bonds is 46. The summed E-state index contributed by atoms with van der Waals surface area (Å²) >= 11 is 0. The van der Waals surface area contributed by atoms with Crippen molar-refractivity contribution in [3.63, 3.8) is 0 Å². The SMILES string of the molecule is CCCCC/C=C\C/C=C\CCCCCCCCCCCC(=O)O[C@H](COC(=O)CCCCCCCCCCC/C=C\CCCCCCCC)COP(=O)(O)OCCN. The van der Waals surface area contributed by atoms with Crippen molar-refractivity contribution in [3.8, 4) is 0 Å². The summed E-state index contributed by atoms with van der Waals surface area (Å²) in [5.74, 6) is -0.829. The van der Waals surface area contributed by atoms with Crippen LogP contribution in [0.3, 0.4) is 0 Å². The molecular formula is C49H92NO8P. The van der Waals surface area contributed by atoms with Gasteiger partial charge >= 0.3 is 19.8 Å². The summed E-state index contributed by atoms with van der Waals surface area (Å²) in [6, 6.07) is 0. The Kier molecular flexibility index (Phi) is 44.4. The highest BCUT2D eigenvalue weighted by atomic mass is 31.2. The number of hydrogen-bond donors (Lipinski definition) is 2. The second kappa shape index (κ2) is 45.7. The lowest BCUT2D eigenvalue weighted by Gasteiger charge is -2.19. The van der Waals surface area contributed by atoms with Crippen LogP contribution in [0.25, 0.3) is 0 Å². The average molecular weight is 854 g/mol. The molecule has 0 aliphatic rings. The first-order valence-corrected chi connectivity index (χ1v) is 26.0. The molecule has 0 aromatic carbocycles. The van der Waals surface area contributed by atoms with E-state index in [9.17, 15) is 19.0 Å². The van der Waals surface area contributed by atoms with Crippen LogP contribution in [-0.2, 0) is 32.7 Å². The van der Waals surface area contributed by atoms with E-state index in [0.29, 0.717) is 6.42 Å². The monoisotopic (exact) mass is 854 g/mol. The Morgan fingerprint density at radius 1 is 0.508 bits per heavy atom. The number of esters is 2. The van der Waals surface area contributed by atoms with E-state index in [-0.39, 0.29) is 38.6 Å². The van der Waals surface area contributed by atoms with Crippen LogP contribution in [0.15, 0.2) is 36.5 Å². The number of unbranched alkanes of at least 4 members (excludes halogenated alkanes) is 27. The molecule has 0 bridgehead atoms. The van der Waals surface area contributed by atoms with Gasteiger partial charge in [0.15, 0.2) is 6.10 Å². The van der Waals surface area contributed by atoms with Crippen LogP contribution < -0.4 is 5.73 Å². The first kappa shape index (κ1) is 57.2. The van der Waals surface area contributed by atoms with Gasteiger partial charge in [0.05, 0.1) is 13.2 Å². The van der Waals surface area contributed by atoms with E-state index in [2.05, 4.69) is 50.3 Å². The fourth-order valence-corrected chi connectivity index (χ4v) is 7.60. The van der Waals surface area contributed by atoms with Gasteiger partial charge in [0.1, 0.15) is 6.61 Å². The highest BCUT2D eigenvalue weighted by Crippen LogP contribution is 2.43. The largest absolute Gasteiger partial charge is 0.472 e. The van der Waals surface area contributed by atoms with E-state index in [1.54, 1.807) is 0 Å². The highest BCUT2D eigenvalue weighted by Gasteiger charge is 2.26. The van der Waals surface area contributed by atoms with E-state index in [1.165, 1.54) is 148 Å². The molecule has 10 heteroatoms. The lowest BCUT2D eigenvalue weighted by atomic mass is 10.1. The van der Waals surface area contributed by atoms with Gasteiger partial charge in [-0.2, -0.15) is 0 Å². The Hall–Kier alpha value is -1.77. The molecule has 0 amide bonds. The van der Waals surface area contributed by atoms with Gasteiger partial charge in [-0.15, -0.1) is 0 Å². The Morgan fingerprint density at radius 3 is 1.34 bits per heavy atom. The van der Waals surface area contributed by atoms with Gasteiger partial charge in [-0.25, -0.2) is 4.57 Å². The first-order valence-electron chi connectivity index (χ1n) is 24.5. The minimum atomic E-state index is -4.38. The number of nitrogens with two attached hydrogens (primary N) is 1. The summed E-state index contributed by atoms with van der Waals surface area (Å²) in [5, 5.41) is 0. The Labute approximate surface area is 363 Å². The molecule has 346 valence electrons. The second-order valence-corrected chi connectivity index (χ2v) is 17.8. The van der Waals surface area contributed by atoms with Gasteiger partial charge in [0, 0.05) is 19.4 Å². The fraction of sp³-hybridized carbons (Fsp3) is 0.837. The van der Waals surface area contributed by atoms with Crippen LogP contribution >= 0.6 is 7.82 Å². The molecule has 0 spiro atoms. The van der Waals surface area contributed by atoms with Gasteiger partial charge in [-0.05, 0) is 70.6 Å². The van der Waals surface area contributed by atoms with Crippen LogP contribution in [0.1, 0.15) is 232 Å². The molecule has 0 rings (SSSR count). The second-order valence-electron chi connectivity index (χ2n) is 16.3. The topological polar surface area (TPSA) is 134 Å². The standard InChI is InChI=1S/C49H92NO8P/c1-3-5-7-9-11-13-15-17-19-21-23-25-27-29-31-33-35-37-39-41-48(51)55-45-47(46-57-59(53,54)56-44-43-50)58-49(52)42-40-38-36-34-32-30-28-26-24-22-20-18-16-14-12-10-8-6-4-2/h12,14,17-20,47H,3-11,13,15-16,21-46,50H2,1-2H3,(H,53,54)/b14-12-,19-17-,20-18-/t47-/m1/s1. The summed E-state index contributed by atoms with van der Waals surface area (Å²) in [5.41, 5.74) is 5.36. The molecule has 0 aromatic rings. The number of ether oxygens (including phenoxy) is 2. The molecule has 1 unspecified atom stereocenters. The van der Waals surface area contributed by atoms with Crippen LogP contribution in [0.5, 0.6) is 0 Å². The van der Waals surface area contributed by atoms with Crippen molar-refractivity contribution in [1.29, 1.82) is 0 Å². The minimum absolute atomic E-state index is 0.0526. The molecule has 0 fully saturated rings. The molecule has 0 aromatic heterocycles. The van der Waals surface area contributed by atoms with Crippen molar-refractivity contribution in [1.82, 2.24) is 0 Å². The van der Waals surface area contributed by atoms with E-state index in [4.69, 9.17) is 24.3 Å². The Balaban J connectivity index is 4.07. The zero-order chi connectivity index (χ0) is 43.2. The smallest absolute Gasteiger partial charge is 0.462 e. The maximum absolute atomic E-state index is 12.6. The van der Waals surface area contributed by atoms with Crippen molar-refractivity contribution >= 4 is 19.8 Å². The van der Waals surface area contributed by atoms with Crippen LogP contribution in [-0.4, -0.2) is 49.3 Å². The molecule has 0 heterocycles. The van der Waals surface area contributed by atoms with E-state index in [0.717, 1.165) is 51.4 Å². The molecular weight excluding hydrogens is 762 g/mol. The van der Waals surface area contributed by atoms with Crippen molar-refractivity contribution in [3.05, 3.63) is 36.5 Å². The van der Waals surface area contributed by atoms with Gasteiger partial charge in [0.25, 0.3) is 0 Å². The van der Waals surface area contributed by atoms with Gasteiger partial charge in [0.2, 0.25) is 0 Å². The Bertz CT molecular complexity index is 1060. The minimum Gasteiger partial charge on any atom is -0.462 e. The first-order chi connectivity index (χ1) is 28.8. The van der Waals surface area contributed by atoms with Crippen molar-refractivity contribution in [2.75, 3.05) is 26.4 Å². The van der Waals surface area contributed by atoms with Gasteiger partial charge in [-0.3, -0.25) is 18.6 Å². The normalized spacial score (nSPS) is 13.5. The van der Waals surface area contributed by atoms with E-state index in [1.807, 2.05) is 0 Å². The van der Waals surface area contributed by atoms with Crippen LogP contribution in [0.4, 0.5) is 0 Å². The number of phosphoric ester groups is 1. The third-order valence-electron chi connectivity index (χ3n) is 10.5. The van der Waals surface area contributed by atoms with Gasteiger partial charge in [-0.1, -0.05) is 185 Å². The molecule has 0 aliphatic carbocycles. The summed E-state index contributed by atoms with van der Waals surface area (Å²) in [7, 11) is -4.38. The van der Waals surface area contributed by atoms with Gasteiger partial charge < -0.3 is 20.1 Å². The van der Waals surface area contributed by atoms with E-state index >= 15 is 0 Å². The molecule has 0 aliphatic heterocycles. The summed E-state index contributed by atoms with van der Waals surface area (Å²) in [6.07, 6.45) is 51.7. The number of allylic oxidation sites excluding steroid dienone is 6. The molecule has 0 saturated heterocycles. The maximum atomic E-state index is 12.6. The third-order valence-corrected chi connectivity index (χ3v) is 11.5. The molecule has 0 radical (unpaired) electrons. The highest BCUT2D eigenvalue weighted by molar-refractivity contribution is 7.47. The van der Waals surface area contributed by atoms with Crippen molar-refractivity contribution in [2.24, 2.45) is 5.73 Å². The van der Waals surface area contributed by atoms with E-state index < -0.39 is 26.5 Å². The molecule has 9 nitrogen and oxygen atoms in total. The zero-order valence-corrected chi connectivity index (χ0v) is 39.1. The lowest BCUT2D eigenvalue weighted by Crippen LogP contribution is -2.29. The quantitative estimate of drug-likeness (QED) is 0.0265. The average Bonchev–Trinajstić information content (AvgIpc) is 3.22. The molecule has 59 heavy (non-hydrogen) atoms. The lowest BCUT2D eigenvalue weighted by molar-refractivity contribution is -0.161. The zero-order valence-electron chi connectivity index (χ0n) is 38.2. The van der Waals surface area contributed by atoms with Crippen LogP contribution in [0.2, 0.25) is 0 Å². The predicted molar refractivity (Wildman–Crippen MR) is 247 cm³/mol. The maximum Gasteiger partial charge on any atom is 0.472 e. The van der Waals surface area contributed by atoms with Crippen LogP contribution in [0, 0.1) is 0 Å². The van der Waals surface area contributed by atoms with Crippen molar-refractivity contribution < 1.29 is 37.6 Å². The molecule has 2 atom stereocenters. The number of carbonyl (C=O) groups is 2. The molecule has 3 N–H and O–H groups in total. The predicted octanol–water partition coefficient (Wildman–Crippen LogP) is 14.5. The summed E-state index contributed by atoms with van der Waals surface area (Å²) in [6.45, 7) is 3.72. The summed E-state index contributed by atoms with van der Waals surface area (Å²) in [4.78, 5) is 35.0. The third kappa shape index (κ3) is 45.6. The number of carbonyl (C=O) groups excluding carboxylic acids is 2. The van der Waals surface area contributed by atoms with Crippen molar-refractivity contribution in [2.45, 2.75) is 238 Å².